The van der Waals surface area contributed by atoms with Crippen LogP contribution in [0.15, 0.2) is 35.4 Å². The van der Waals surface area contributed by atoms with Gasteiger partial charge in [-0.15, -0.1) is 0 Å². The summed E-state index contributed by atoms with van der Waals surface area (Å²) in [6.45, 7) is 1.42. The highest BCUT2D eigenvalue weighted by molar-refractivity contribution is 5.88. The minimum atomic E-state index is -1.10. The van der Waals surface area contributed by atoms with E-state index in [4.69, 9.17) is 9.84 Å². The number of methoxy groups -OCH3 is 1. The number of aromatic nitrogens is 3. The molecular formula is C14H13N3O4. The monoisotopic (exact) mass is 287 g/mol. The number of hydrogen-bond acceptors (Lipinski definition) is 4. The van der Waals surface area contributed by atoms with Gasteiger partial charge in [0.2, 0.25) is 0 Å². The number of aliphatic carboxylic acids is 1. The molecule has 1 N–H and O–H groups in total. The molecule has 0 radical (unpaired) electrons. The first-order valence-electron chi connectivity index (χ1n) is 6.32. The van der Waals surface area contributed by atoms with Crippen LogP contribution in [-0.4, -0.2) is 32.4 Å². The number of nitrogens with zero attached hydrogens (tertiary/aromatic N) is 3. The Kier molecular flexibility index (Phi) is 2.90. The zero-order chi connectivity index (χ0) is 15.1. The van der Waals surface area contributed by atoms with Gasteiger partial charge in [-0.25, -0.2) is 9.48 Å². The van der Waals surface area contributed by atoms with Gasteiger partial charge in [-0.1, -0.05) is 0 Å². The standard InChI is InChI=1S/C14H13N3O4/c1-8(14(19)20)17-13(18)12-6-9-5-10(21-2)3-4-11(9)16(12)7-15-17/h3-8H,1-2H3,(H,19,20). The molecule has 1 atom stereocenters. The molecule has 0 saturated heterocycles. The van der Waals surface area contributed by atoms with E-state index in [1.807, 2.05) is 12.1 Å². The van der Waals surface area contributed by atoms with Crippen molar-refractivity contribution < 1.29 is 14.6 Å². The zero-order valence-electron chi connectivity index (χ0n) is 11.5. The first-order valence-corrected chi connectivity index (χ1v) is 6.32. The third-order valence-electron chi connectivity index (χ3n) is 3.49. The summed E-state index contributed by atoms with van der Waals surface area (Å²) in [5, 5.41) is 13.8. The molecule has 1 unspecified atom stereocenters. The molecule has 0 spiro atoms. The van der Waals surface area contributed by atoms with E-state index in [9.17, 15) is 9.59 Å². The van der Waals surface area contributed by atoms with Gasteiger partial charge >= 0.3 is 5.97 Å². The smallest absolute Gasteiger partial charge is 0.328 e. The molecule has 2 heterocycles. The summed E-state index contributed by atoms with van der Waals surface area (Å²) in [5.41, 5.74) is 0.745. The lowest BCUT2D eigenvalue weighted by Gasteiger charge is -2.09. The Morgan fingerprint density at radius 1 is 1.33 bits per heavy atom. The normalized spacial score (nSPS) is 12.7. The summed E-state index contributed by atoms with van der Waals surface area (Å²) >= 11 is 0. The van der Waals surface area contributed by atoms with Crippen LogP contribution in [0.2, 0.25) is 0 Å². The number of hydrogen-bond donors (Lipinski definition) is 1. The van der Waals surface area contributed by atoms with E-state index >= 15 is 0 Å². The molecule has 0 aliphatic carbocycles. The van der Waals surface area contributed by atoms with E-state index in [0.717, 1.165) is 15.6 Å². The van der Waals surface area contributed by atoms with Crippen molar-refractivity contribution >= 4 is 22.4 Å². The molecule has 21 heavy (non-hydrogen) atoms. The predicted molar refractivity (Wildman–Crippen MR) is 75.9 cm³/mol. The second-order valence-electron chi connectivity index (χ2n) is 4.72. The Hall–Kier alpha value is -2.83. The van der Waals surface area contributed by atoms with Crippen molar-refractivity contribution in [2.45, 2.75) is 13.0 Å². The summed E-state index contributed by atoms with van der Waals surface area (Å²) < 4.78 is 7.76. The topological polar surface area (TPSA) is 85.8 Å². The van der Waals surface area contributed by atoms with Gasteiger partial charge in [-0.3, -0.25) is 9.20 Å². The number of rotatable bonds is 3. The van der Waals surface area contributed by atoms with E-state index in [2.05, 4.69) is 5.10 Å². The Bertz CT molecular complexity index is 910. The van der Waals surface area contributed by atoms with Gasteiger partial charge in [-0.2, -0.15) is 5.10 Å². The molecule has 0 saturated carbocycles. The van der Waals surface area contributed by atoms with Crippen LogP contribution in [0.5, 0.6) is 5.75 Å². The van der Waals surface area contributed by atoms with Crippen molar-refractivity contribution in [3.63, 3.8) is 0 Å². The number of carboxylic acids is 1. The average molecular weight is 287 g/mol. The molecule has 108 valence electrons. The summed E-state index contributed by atoms with van der Waals surface area (Å²) in [6.07, 6.45) is 1.45. The quantitative estimate of drug-likeness (QED) is 0.784. The third-order valence-corrected chi connectivity index (χ3v) is 3.49. The predicted octanol–water partition coefficient (Wildman–Crippen LogP) is 1.30. The van der Waals surface area contributed by atoms with Crippen LogP contribution in [0, 0.1) is 0 Å². The molecule has 3 rings (SSSR count). The fourth-order valence-electron chi connectivity index (χ4n) is 2.29. The summed E-state index contributed by atoms with van der Waals surface area (Å²) in [5.74, 6) is -0.419. The highest BCUT2D eigenvalue weighted by Gasteiger charge is 2.18. The van der Waals surface area contributed by atoms with Gasteiger partial charge in [0, 0.05) is 5.39 Å². The SMILES string of the molecule is COc1ccc2c(c1)cc1c(=O)n(C(C)C(=O)O)ncn12. The van der Waals surface area contributed by atoms with Crippen molar-refractivity contribution in [3.05, 3.63) is 40.9 Å². The lowest BCUT2D eigenvalue weighted by Crippen LogP contribution is -2.31. The lowest BCUT2D eigenvalue weighted by molar-refractivity contribution is -0.140. The fourth-order valence-corrected chi connectivity index (χ4v) is 2.29. The van der Waals surface area contributed by atoms with Crippen LogP contribution in [-0.2, 0) is 4.79 Å². The fraction of sp³-hybridized carbons (Fsp3) is 0.214. The summed E-state index contributed by atoms with van der Waals surface area (Å²) in [7, 11) is 1.57. The molecule has 0 bridgehead atoms. The maximum absolute atomic E-state index is 12.4. The van der Waals surface area contributed by atoms with Crippen LogP contribution in [0.25, 0.3) is 16.4 Å². The number of benzene rings is 1. The van der Waals surface area contributed by atoms with Crippen LogP contribution in [0.4, 0.5) is 0 Å². The maximum Gasteiger partial charge on any atom is 0.328 e. The first-order chi connectivity index (χ1) is 10.0. The van der Waals surface area contributed by atoms with Crippen molar-refractivity contribution in [1.29, 1.82) is 0 Å². The molecule has 0 amide bonds. The van der Waals surface area contributed by atoms with Gasteiger partial charge in [0.05, 0.1) is 12.6 Å². The minimum Gasteiger partial charge on any atom is -0.497 e. The molecule has 3 aromatic rings. The van der Waals surface area contributed by atoms with E-state index in [-0.39, 0.29) is 0 Å². The Labute approximate surface area is 119 Å². The third kappa shape index (κ3) is 1.94. The van der Waals surface area contributed by atoms with Gasteiger partial charge in [0.25, 0.3) is 5.56 Å². The number of fused-ring (bicyclic) bond motifs is 3. The van der Waals surface area contributed by atoms with Crippen molar-refractivity contribution in [1.82, 2.24) is 14.2 Å². The van der Waals surface area contributed by atoms with Gasteiger partial charge in [-0.05, 0) is 31.2 Å². The van der Waals surface area contributed by atoms with Crippen LogP contribution in [0.3, 0.4) is 0 Å². The van der Waals surface area contributed by atoms with Crippen LogP contribution >= 0.6 is 0 Å². The van der Waals surface area contributed by atoms with Crippen LogP contribution < -0.4 is 10.3 Å². The Morgan fingerprint density at radius 2 is 2.10 bits per heavy atom. The Morgan fingerprint density at radius 3 is 2.76 bits per heavy atom. The Balaban J connectivity index is 2.31. The van der Waals surface area contributed by atoms with Crippen molar-refractivity contribution in [2.24, 2.45) is 0 Å². The molecule has 0 aliphatic rings. The number of carbonyl (C=O) groups is 1. The number of ether oxygens (including phenoxy) is 1. The van der Waals surface area contributed by atoms with E-state index < -0.39 is 17.6 Å². The second kappa shape index (κ2) is 4.62. The highest BCUT2D eigenvalue weighted by Crippen LogP contribution is 2.23. The molecule has 7 nitrogen and oxygen atoms in total. The van der Waals surface area contributed by atoms with Crippen molar-refractivity contribution in [2.75, 3.05) is 7.11 Å². The lowest BCUT2D eigenvalue weighted by atomic mass is 10.2. The zero-order valence-corrected chi connectivity index (χ0v) is 11.5. The van der Waals surface area contributed by atoms with E-state index in [0.29, 0.717) is 11.3 Å². The first kappa shape index (κ1) is 13.2. The molecule has 2 aromatic heterocycles. The largest absolute Gasteiger partial charge is 0.497 e. The molecule has 1 aromatic carbocycles. The second-order valence-corrected chi connectivity index (χ2v) is 4.72. The van der Waals surface area contributed by atoms with Crippen molar-refractivity contribution in [3.8, 4) is 5.75 Å². The van der Waals surface area contributed by atoms with Crippen LogP contribution in [0.1, 0.15) is 13.0 Å². The van der Waals surface area contributed by atoms with E-state index in [1.54, 1.807) is 23.6 Å². The van der Waals surface area contributed by atoms with E-state index in [1.165, 1.54) is 13.3 Å². The van der Waals surface area contributed by atoms with Gasteiger partial charge in [0.15, 0.2) is 6.04 Å². The summed E-state index contributed by atoms with van der Waals surface area (Å²) in [4.78, 5) is 23.4. The minimum absolute atomic E-state index is 0.376. The van der Waals surface area contributed by atoms with Gasteiger partial charge < -0.3 is 9.84 Å². The molecule has 0 fully saturated rings. The van der Waals surface area contributed by atoms with Gasteiger partial charge in [0.1, 0.15) is 17.6 Å². The highest BCUT2D eigenvalue weighted by atomic mass is 16.5. The average Bonchev–Trinajstić information content (AvgIpc) is 2.85. The molecule has 7 heteroatoms. The number of carboxylic acid groups (broad SMARTS) is 1. The maximum atomic E-state index is 12.4. The molecular weight excluding hydrogens is 274 g/mol. The summed E-state index contributed by atoms with van der Waals surface area (Å²) in [6, 6.07) is 6.11. The molecule has 0 aliphatic heterocycles.